The van der Waals surface area contributed by atoms with Crippen LogP contribution >= 0.6 is 0 Å². The Morgan fingerprint density at radius 1 is 1.05 bits per heavy atom. The van der Waals surface area contributed by atoms with Gasteiger partial charge in [0.25, 0.3) is 0 Å². The fourth-order valence-corrected chi connectivity index (χ4v) is 8.71. The second-order valence-corrected chi connectivity index (χ2v) is 10.3. The van der Waals surface area contributed by atoms with Gasteiger partial charge in [-0.05, 0) is 68.1 Å². The van der Waals surface area contributed by atoms with Crippen LogP contribution in [0.3, 0.4) is 0 Å². The molecule has 0 aromatic carbocycles. The average molecular weight is 308 g/mol. The second kappa shape index (κ2) is 4.66. The Morgan fingerprint density at radius 3 is 2.67 bits per heavy atom. The van der Waals surface area contributed by atoms with Gasteiger partial charge in [0.2, 0.25) is 0 Å². The Bertz CT molecular complexity index is 501. The van der Waals surface area contributed by atoms with Crippen molar-refractivity contribution in [3.05, 3.63) is 0 Å². The van der Waals surface area contributed by atoms with Crippen molar-refractivity contribution >= 4 is 16.6 Å². The van der Waals surface area contributed by atoms with Crippen LogP contribution in [-0.2, 0) is 15.6 Å². The maximum atomic E-state index is 12.5. The van der Waals surface area contributed by atoms with Gasteiger partial charge in [-0.1, -0.05) is 13.8 Å². The van der Waals surface area contributed by atoms with E-state index in [1.807, 2.05) is 0 Å². The molecule has 1 saturated heterocycles. The largest absolute Gasteiger partial charge is 0.299 e. The summed E-state index contributed by atoms with van der Waals surface area (Å²) in [6.07, 6.45) is 9.01. The monoisotopic (exact) mass is 308 g/mol. The molecule has 21 heavy (non-hydrogen) atoms. The van der Waals surface area contributed by atoms with Crippen molar-refractivity contribution in [2.75, 3.05) is 5.75 Å². The molecule has 7 atom stereocenters. The molecule has 0 N–H and O–H groups in total. The summed E-state index contributed by atoms with van der Waals surface area (Å²) in [4.78, 5) is 12.4. The van der Waals surface area contributed by atoms with Crippen LogP contribution in [0.1, 0.15) is 65.2 Å². The number of carbonyl (C=O) groups excluding carboxylic acids is 1. The van der Waals surface area contributed by atoms with E-state index in [4.69, 9.17) is 0 Å². The van der Waals surface area contributed by atoms with E-state index in [1.54, 1.807) is 0 Å². The molecule has 3 saturated carbocycles. The Kier molecular flexibility index (Phi) is 3.20. The molecule has 0 spiro atoms. The Hall–Kier alpha value is -0.180. The zero-order valence-electron chi connectivity index (χ0n) is 13.4. The van der Waals surface area contributed by atoms with Gasteiger partial charge in [0.1, 0.15) is 5.78 Å². The van der Waals surface area contributed by atoms with E-state index in [0.717, 1.165) is 49.7 Å². The number of hydrogen-bond acceptors (Lipinski definition) is 2. The molecule has 4 rings (SSSR count). The highest BCUT2D eigenvalue weighted by molar-refractivity contribution is 7.85. The molecule has 0 bridgehead atoms. The first-order chi connectivity index (χ1) is 9.97. The van der Waals surface area contributed by atoms with Gasteiger partial charge in [0.05, 0.1) is 0 Å². The average Bonchev–Trinajstić information content (AvgIpc) is 2.75. The molecule has 1 unspecified atom stereocenters. The van der Waals surface area contributed by atoms with Gasteiger partial charge in [-0.2, -0.15) is 0 Å². The number of rotatable bonds is 0. The highest BCUT2D eigenvalue weighted by Crippen LogP contribution is 2.63. The van der Waals surface area contributed by atoms with Crippen molar-refractivity contribution in [3.63, 3.8) is 0 Å². The van der Waals surface area contributed by atoms with E-state index >= 15 is 0 Å². The second-order valence-electron chi connectivity index (χ2n) is 8.56. The smallest absolute Gasteiger partial charge is 0.139 e. The van der Waals surface area contributed by atoms with Crippen LogP contribution in [0, 0.1) is 28.6 Å². The predicted molar refractivity (Wildman–Crippen MR) is 85.4 cm³/mol. The van der Waals surface area contributed by atoms with Crippen LogP contribution in [0.25, 0.3) is 0 Å². The van der Waals surface area contributed by atoms with E-state index in [1.165, 1.54) is 19.3 Å². The number of ketones is 1. The minimum Gasteiger partial charge on any atom is -0.299 e. The topological polar surface area (TPSA) is 34.1 Å². The standard InChI is InChI=1S/C18H28O2S/c1-17-10-8-14-12(13(17)5-6-15(17)19)4-7-16-18(14,2)9-3-11-21(16)20/h12-14,16H,3-11H2,1-2H3/t12-,13-,14-,16+,17-,18+,21?/m0/s1. The van der Waals surface area contributed by atoms with Gasteiger partial charge in [0.15, 0.2) is 0 Å². The first kappa shape index (κ1) is 14.4. The Labute approximate surface area is 130 Å². The summed E-state index contributed by atoms with van der Waals surface area (Å²) in [5.41, 5.74) is 0.275. The maximum absolute atomic E-state index is 12.5. The van der Waals surface area contributed by atoms with Crippen LogP contribution < -0.4 is 0 Å². The van der Waals surface area contributed by atoms with Gasteiger partial charge in [0, 0.05) is 33.6 Å². The summed E-state index contributed by atoms with van der Waals surface area (Å²) in [6, 6.07) is 0. The van der Waals surface area contributed by atoms with Crippen molar-refractivity contribution in [3.8, 4) is 0 Å². The van der Waals surface area contributed by atoms with Crippen molar-refractivity contribution in [2.45, 2.75) is 70.5 Å². The molecule has 3 aliphatic carbocycles. The number of hydrogen-bond donors (Lipinski definition) is 0. The molecule has 1 heterocycles. The van der Waals surface area contributed by atoms with Gasteiger partial charge < -0.3 is 0 Å². The molecular formula is C18H28O2S. The molecule has 2 nitrogen and oxygen atoms in total. The molecule has 1 aliphatic heterocycles. The van der Waals surface area contributed by atoms with E-state index in [2.05, 4.69) is 13.8 Å². The van der Waals surface area contributed by atoms with Crippen molar-refractivity contribution in [1.29, 1.82) is 0 Å². The van der Waals surface area contributed by atoms with Gasteiger partial charge in [-0.25, -0.2) is 0 Å². The minimum atomic E-state index is -0.602. The summed E-state index contributed by atoms with van der Waals surface area (Å²) in [5, 5.41) is 0.439. The molecule has 0 aromatic rings. The van der Waals surface area contributed by atoms with Crippen LogP contribution in [0.15, 0.2) is 0 Å². The van der Waals surface area contributed by atoms with E-state index in [0.29, 0.717) is 22.4 Å². The first-order valence-corrected chi connectivity index (χ1v) is 10.3. The van der Waals surface area contributed by atoms with Crippen molar-refractivity contribution in [2.24, 2.45) is 28.6 Å². The third-order valence-corrected chi connectivity index (χ3v) is 9.97. The van der Waals surface area contributed by atoms with E-state index in [-0.39, 0.29) is 5.41 Å². The SMILES string of the molecule is C[C@]12CCCS(=O)[C@@H]1CC[C@@H]1[C@@H]2CC[C@]2(C)C(=O)CC[C@@H]12. The van der Waals surface area contributed by atoms with Gasteiger partial charge >= 0.3 is 0 Å². The summed E-state index contributed by atoms with van der Waals surface area (Å²) in [7, 11) is -0.602. The summed E-state index contributed by atoms with van der Waals surface area (Å²) < 4.78 is 12.5. The fraction of sp³-hybridized carbons (Fsp3) is 0.944. The number of fused-ring (bicyclic) bond motifs is 5. The van der Waals surface area contributed by atoms with Crippen molar-refractivity contribution in [1.82, 2.24) is 0 Å². The zero-order valence-corrected chi connectivity index (χ0v) is 14.2. The van der Waals surface area contributed by atoms with Crippen LogP contribution in [0.5, 0.6) is 0 Å². The van der Waals surface area contributed by atoms with E-state index in [9.17, 15) is 9.00 Å². The molecule has 4 fully saturated rings. The van der Waals surface area contributed by atoms with Crippen LogP contribution in [0.2, 0.25) is 0 Å². The highest BCUT2D eigenvalue weighted by Gasteiger charge is 2.60. The summed E-state index contributed by atoms with van der Waals surface area (Å²) in [5.74, 6) is 3.54. The first-order valence-electron chi connectivity index (χ1n) is 8.87. The number of Topliss-reactive ketones (excluding diaryl/α,β-unsaturated/α-hetero) is 1. The predicted octanol–water partition coefficient (Wildman–Crippen LogP) is 3.71. The lowest BCUT2D eigenvalue weighted by Gasteiger charge is -2.58. The summed E-state index contributed by atoms with van der Waals surface area (Å²) in [6.45, 7) is 4.68. The zero-order chi connectivity index (χ0) is 14.8. The normalized spacial score (nSPS) is 56.5. The molecule has 3 heteroatoms. The van der Waals surface area contributed by atoms with Crippen LogP contribution in [0.4, 0.5) is 0 Å². The molecule has 0 aromatic heterocycles. The Morgan fingerprint density at radius 2 is 1.86 bits per heavy atom. The van der Waals surface area contributed by atoms with Gasteiger partial charge in [-0.3, -0.25) is 9.00 Å². The third-order valence-electron chi connectivity index (χ3n) is 7.87. The molecule has 0 amide bonds. The highest BCUT2D eigenvalue weighted by atomic mass is 32.2. The quantitative estimate of drug-likeness (QED) is 0.683. The third kappa shape index (κ3) is 1.82. The van der Waals surface area contributed by atoms with Crippen molar-refractivity contribution < 1.29 is 9.00 Å². The lowest BCUT2D eigenvalue weighted by atomic mass is 9.49. The lowest BCUT2D eigenvalue weighted by molar-refractivity contribution is -0.133. The fourth-order valence-electron chi connectivity index (χ4n) is 6.71. The maximum Gasteiger partial charge on any atom is 0.139 e. The molecule has 118 valence electrons. The van der Waals surface area contributed by atoms with E-state index < -0.39 is 10.8 Å². The van der Waals surface area contributed by atoms with Crippen LogP contribution in [-0.4, -0.2) is 21.0 Å². The molecule has 0 radical (unpaired) electrons. The Balaban J connectivity index is 1.68. The number of carbonyl (C=O) groups is 1. The minimum absolute atomic E-state index is 0.0157. The lowest BCUT2D eigenvalue weighted by Crippen LogP contribution is -2.56. The summed E-state index contributed by atoms with van der Waals surface area (Å²) >= 11 is 0. The molecule has 4 aliphatic rings. The van der Waals surface area contributed by atoms with Gasteiger partial charge in [-0.15, -0.1) is 0 Å². The molecular weight excluding hydrogens is 280 g/mol.